The fourth-order valence-electron chi connectivity index (χ4n) is 3.30. The van der Waals surface area contributed by atoms with E-state index in [0.717, 1.165) is 44.4 Å². The number of aryl methyl sites for hydroxylation is 1. The first kappa shape index (κ1) is 16.7. The molecule has 0 saturated heterocycles. The fraction of sp³-hybridized carbons (Fsp3) is 0.526. The molecular formula is C19H23F2N. The van der Waals surface area contributed by atoms with Crippen LogP contribution in [0.5, 0.6) is 0 Å². The number of hydrogen-bond acceptors (Lipinski definition) is 1. The maximum atomic E-state index is 12.9. The van der Waals surface area contributed by atoms with Crippen LogP contribution < -0.4 is 0 Å². The Bertz CT molecular complexity index is 519. The minimum Gasteiger partial charge on any atom is -0.207 e. The number of nitriles is 1. The standard InChI is InChI=1S/C19H23F2N/c20-18-11-9-16(10-12-18)4-2-1-3-15-5-7-17(8-6-15)13-19(21)14-22/h9-13,15,17H,1-8H2/b19-13-/t15-,17-. The second kappa shape index (κ2) is 8.68. The van der Waals surface area contributed by atoms with Crippen LogP contribution in [-0.4, -0.2) is 0 Å². The SMILES string of the molecule is N#C/C(F)=C/[C@H]1CC[C@H](CCCCc2ccc(F)cc2)CC1. The zero-order valence-electron chi connectivity index (χ0n) is 12.9. The van der Waals surface area contributed by atoms with Crippen LogP contribution in [0.1, 0.15) is 50.5 Å². The molecule has 0 aromatic heterocycles. The molecule has 1 aromatic carbocycles. The van der Waals surface area contributed by atoms with Crippen molar-refractivity contribution >= 4 is 0 Å². The van der Waals surface area contributed by atoms with Crippen molar-refractivity contribution in [3.05, 3.63) is 47.5 Å². The Morgan fingerprint density at radius 1 is 1.14 bits per heavy atom. The topological polar surface area (TPSA) is 23.8 Å². The van der Waals surface area contributed by atoms with Gasteiger partial charge in [0.15, 0.2) is 5.83 Å². The predicted molar refractivity (Wildman–Crippen MR) is 84.2 cm³/mol. The molecule has 0 aliphatic heterocycles. The van der Waals surface area contributed by atoms with Gasteiger partial charge in [-0.15, -0.1) is 0 Å². The molecule has 1 aliphatic carbocycles. The maximum absolute atomic E-state index is 12.9. The first-order valence-corrected chi connectivity index (χ1v) is 8.19. The van der Waals surface area contributed by atoms with Crippen molar-refractivity contribution in [2.45, 2.75) is 51.4 Å². The van der Waals surface area contributed by atoms with Gasteiger partial charge >= 0.3 is 0 Å². The summed E-state index contributed by atoms with van der Waals surface area (Å²) in [6.45, 7) is 0. The van der Waals surface area contributed by atoms with Gasteiger partial charge in [0.1, 0.15) is 11.9 Å². The lowest BCUT2D eigenvalue weighted by atomic mass is 9.79. The molecule has 0 amide bonds. The van der Waals surface area contributed by atoms with Gasteiger partial charge in [-0.3, -0.25) is 0 Å². The molecule has 1 fully saturated rings. The molecule has 3 heteroatoms. The Balaban J connectivity index is 1.61. The second-order valence-corrected chi connectivity index (χ2v) is 6.28. The summed E-state index contributed by atoms with van der Waals surface area (Å²) in [6, 6.07) is 8.31. The van der Waals surface area contributed by atoms with E-state index in [4.69, 9.17) is 5.26 Å². The number of unbranched alkanes of at least 4 members (excludes halogenated alkanes) is 1. The van der Waals surface area contributed by atoms with Crippen molar-refractivity contribution in [3.63, 3.8) is 0 Å². The third-order valence-electron chi connectivity index (χ3n) is 4.62. The predicted octanol–water partition coefficient (Wildman–Crippen LogP) is 5.72. The number of hydrogen-bond donors (Lipinski definition) is 0. The molecule has 2 rings (SSSR count). The van der Waals surface area contributed by atoms with Crippen molar-refractivity contribution in [2.75, 3.05) is 0 Å². The third kappa shape index (κ3) is 5.60. The molecule has 1 saturated carbocycles. The smallest absolute Gasteiger partial charge is 0.196 e. The summed E-state index contributed by atoms with van der Waals surface area (Å²) >= 11 is 0. The second-order valence-electron chi connectivity index (χ2n) is 6.28. The van der Waals surface area contributed by atoms with Gasteiger partial charge in [-0.05, 0) is 74.1 Å². The van der Waals surface area contributed by atoms with E-state index >= 15 is 0 Å². The van der Waals surface area contributed by atoms with Crippen LogP contribution in [0.3, 0.4) is 0 Å². The Morgan fingerprint density at radius 3 is 2.45 bits per heavy atom. The molecule has 22 heavy (non-hydrogen) atoms. The van der Waals surface area contributed by atoms with Crippen molar-refractivity contribution in [3.8, 4) is 6.07 Å². The Hall–Kier alpha value is -1.69. The molecule has 1 nitrogen and oxygen atoms in total. The Labute approximate surface area is 131 Å². The van der Waals surface area contributed by atoms with Gasteiger partial charge in [0.25, 0.3) is 0 Å². The van der Waals surface area contributed by atoms with E-state index in [9.17, 15) is 8.78 Å². The molecule has 0 N–H and O–H groups in total. The highest BCUT2D eigenvalue weighted by Crippen LogP contribution is 2.33. The first-order chi connectivity index (χ1) is 10.7. The van der Waals surface area contributed by atoms with Crippen molar-refractivity contribution in [2.24, 2.45) is 11.8 Å². The normalized spacial score (nSPS) is 22.3. The summed E-state index contributed by atoms with van der Waals surface area (Å²) in [5.74, 6) is 0.170. The average Bonchev–Trinajstić information content (AvgIpc) is 2.54. The molecule has 1 aromatic rings. The highest BCUT2D eigenvalue weighted by molar-refractivity contribution is 5.16. The summed E-state index contributed by atoms with van der Waals surface area (Å²) in [7, 11) is 0. The van der Waals surface area contributed by atoms with E-state index in [0.29, 0.717) is 0 Å². The van der Waals surface area contributed by atoms with E-state index in [-0.39, 0.29) is 11.7 Å². The number of allylic oxidation sites excluding steroid dienone is 2. The molecular weight excluding hydrogens is 280 g/mol. The maximum Gasteiger partial charge on any atom is 0.196 e. The van der Waals surface area contributed by atoms with Crippen LogP contribution in [0.4, 0.5) is 8.78 Å². The number of nitrogens with zero attached hydrogens (tertiary/aromatic N) is 1. The van der Waals surface area contributed by atoms with E-state index in [2.05, 4.69) is 0 Å². The molecule has 0 bridgehead atoms. The zero-order chi connectivity index (χ0) is 15.8. The molecule has 118 valence electrons. The van der Waals surface area contributed by atoms with Gasteiger partial charge in [-0.1, -0.05) is 25.0 Å². The zero-order valence-corrected chi connectivity index (χ0v) is 12.9. The van der Waals surface area contributed by atoms with Crippen molar-refractivity contribution in [1.29, 1.82) is 5.26 Å². The van der Waals surface area contributed by atoms with Gasteiger partial charge in [0.05, 0.1) is 0 Å². The monoisotopic (exact) mass is 303 g/mol. The van der Waals surface area contributed by atoms with Crippen LogP contribution in [0.15, 0.2) is 36.2 Å². The lowest BCUT2D eigenvalue weighted by molar-refractivity contribution is 0.288. The van der Waals surface area contributed by atoms with Gasteiger partial charge < -0.3 is 0 Å². The van der Waals surface area contributed by atoms with E-state index in [1.165, 1.54) is 36.6 Å². The quantitative estimate of drug-likeness (QED) is 0.487. The van der Waals surface area contributed by atoms with E-state index < -0.39 is 5.83 Å². The summed E-state index contributed by atoms with van der Waals surface area (Å²) in [5, 5.41) is 8.46. The molecule has 0 atom stereocenters. The number of halogens is 2. The minimum absolute atomic E-state index is 0.178. The molecule has 1 aliphatic rings. The lowest BCUT2D eigenvalue weighted by Crippen LogP contribution is -2.13. The minimum atomic E-state index is -0.636. The lowest BCUT2D eigenvalue weighted by Gasteiger charge is -2.26. The molecule has 0 unspecified atom stereocenters. The highest BCUT2D eigenvalue weighted by Gasteiger charge is 2.20. The van der Waals surface area contributed by atoms with Crippen LogP contribution in [-0.2, 0) is 6.42 Å². The van der Waals surface area contributed by atoms with Crippen LogP contribution >= 0.6 is 0 Å². The van der Waals surface area contributed by atoms with Gasteiger partial charge in [0, 0.05) is 0 Å². The first-order valence-electron chi connectivity index (χ1n) is 8.19. The molecule has 0 spiro atoms. The van der Waals surface area contributed by atoms with Crippen molar-refractivity contribution in [1.82, 2.24) is 0 Å². The summed E-state index contributed by atoms with van der Waals surface area (Å²) in [4.78, 5) is 0. The number of rotatable bonds is 6. The Kier molecular flexibility index (Phi) is 6.58. The summed E-state index contributed by atoms with van der Waals surface area (Å²) < 4.78 is 25.7. The fourth-order valence-corrected chi connectivity index (χ4v) is 3.30. The van der Waals surface area contributed by atoms with Gasteiger partial charge in [-0.2, -0.15) is 9.65 Å². The molecule has 0 radical (unpaired) electrons. The Morgan fingerprint density at radius 2 is 1.82 bits per heavy atom. The van der Waals surface area contributed by atoms with Crippen molar-refractivity contribution < 1.29 is 8.78 Å². The number of benzene rings is 1. The van der Waals surface area contributed by atoms with E-state index in [1.54, 1.807) is 6.07 Å². The molecule has 0 heterocycles. The third-order valence-corrected chi connectivity index (χ3v) is 4.62. The summed E-state index contributed by atoms with van der Waals surface area (Å²) in [6.07, 6.45) is 10.3. The van der Waals surface area contributed by atoms with Crippen LogP contribution in [0.25, 0.3) is 0 Å². The average molecular weight is 303 g/mol. The van der Waals surface area contributed by atoms with Crippen LogP contribution in [0.2, 0.25) is 0 Å². The summed E-state index contributed by atoms with van der Waals surface area (Å²) in [5.41, 5.74) is 1.20. The van der Waals surface area contributed by atoms with Gasteiger partial charge in [-0.25, -0.2) is 4.39 Å². The highest BCUT2D eigenvalue weighted by atomic mass is 19.1. The van der Waals surface area contributed by atoms with E-state index in [1.807, 2.05) is 12.1 Å². The van der Waals surface area contributed by atoms with Crippen LogP contribution in [0, 0.1) is 29.0 Å². The largest absolute Gasteiger partial charge is 0.207 e. The van der Waals surface area contributed by atoms with Gasteiger partial charge in [0.2, 0.25) is 0 Å².